The Bertz CT molecular complexity index is 1240. The molecule has 0 aliphatic carbocycles. The summed E-state index contributed by atoms with van der Waals surface area (Å²) >= 11 is 1.37. The summed E-state index contributed by atoms with van der Waals surface area (Å²) in [5, 5.41) is 10.0. The van der Waals surface area contributed by atoms with Gasteiger partial charge in [0.15, 0.2) is 0 Å². The van der Waals surface area contributed by atoms with Crippen molar-refractivity contribution < 1.29 is 14.3 Å². The minimum Gasteiger partial charge on any atom is -0.465 e. The van der Waals surface area contributed by atoms with Gasteiger partial charge in [-0.25, -0.2) is 9.78 Å². The normalized spacial score (nSPS) is 10.7. The summed E-state index contributed by atoms with van der Waals surface area (Å²) in [5.41, 5.74) is 2.68. The van der Waals surface area contributed by atoms with Crippen LogP contribution in [0.15, 0.2) is 58.7 Å². The zero-order valence-corrected chi connectivity index (χ0v) is 17.0. The van der Waals surface area contributed by atoms with Gasteiger partial charge in [0.2, 0.25) is 0 Å². The van der Waals surface area contributed by atoms with E-state index >= 15 is 0 Å². The van der Waals surface area contributed by atoms with Crippen LogP contribution in [0.3, 0.4) is 0 Å². The van der Waals surface area contributed by atoms with Crippen LogP contribution in [0.5, 0.6) is 10.9 Å². The van der Waals surface area contributed by atoms with Crippen LogP contribution in [0.1, 0.15) is 12.5 Å². The Hall–Kier alpha value is -3.79. The molecule has 10 heteroatoms. The Labute approximate surface area is 175 Å². The molecule has 4 rings (SSSR count). The van der Waals surface area contributed by atoms with Crippen LogP contribution < -0.4 is 15.2 Å². The van der Waals surface area contributed by atoms with Crippen molar-refractivity contribution in [3.8, 4) is 27.9 Å². The maximum Gasteiger partial charge on any atom is 0.368 e. The van der Waals surface area contributed by atoms with Gasteiger partial charge >= 0.3 is 11.7 Å². The molecule has 0 unspecified atom stereocenters. The van der Waals surface area contributed by atoms with Gasteiger partial charge in [-0.2, -0.15) is 9.36 Å². The number of benzene rings is 2. The summed E-state index contributed by atoms with van der Waals surface area (Å²) in [6, 6.07) is 14.4. The Balaban J connectivity index is 1.49. The number of nitrogens with zero attached hydrogens (tertiary/aromatic N) is 5. The second kappa shape index (κ2) is 8.29. The highest BCUT2D eigenvalue weighted by atomic mass is 32.1. The van der Waals surface area contributed by atoms with Gasteiger partial charge in [0.05, 0.1) is 11.4 Å². The van der Waals surface area contributed by atoms with Crippen molar-refractivity contribution in [2.45, 2.75) is 13.5 Å². The van der Waals surface area contributed by atoms with E-state index in [0.29, 0.717) is 16.6 Å². The summed E-state index contributed by atoms with van der Waals surface area (Å²) in [5.74, 6) is 0.116. The number of esters is 1. The lowest BCUT2D eigenvalue weighted by molar-refractivity contribution is -0.131. The maximum atomic E-state index is 12.2. The van der Waals surface area contributed by atoms with E-state index < -0.39 is 0 Å². The van der Waals surface area contributed by atoms with Crippen molar-refractivity contribution in [3.05, 3.63) is 70.0 Å². The summed E-state index contributed by atoms with van der Waals surface area (Å²) in [6.45, 7) is 1.58. The molecule has 0 N–H and O–H groups in total. The lowest BCUT2D eigenvalue weighted by Gasteiger charge is -2.08. The number of carbonyl (C=O) groups is 1. The summed E-state index contributed by atoms with van der Waals surface area (Å²) < 4.78 is 13.3. The average molecular weight is 423 g/mol. The number of carbonyl (C=O) groups excluding carboxylic acids is 1. The summed E-state index contributed by atoms with van der Waals surface area (Å²) in [7, 11) is 1.54. The highest BCUT2D eigenvalue weighted by Gasteiger charge is 2.12. The second-order valence-electron chi connectivity index (χ2n) is 6.33. The monoisotopic (exact) mass is 423 g/mol. The van der Waals surface area contributed by atoms with Crippen LogP contribution >= 0.6 is 11.3 Å². The number of hydrogen-bond donors (Lipinski definition) is 0. The molecule has 2 heterocycles. The van der Waals surface area contributed by atoms with Crippen LogP contribution in [0.2, 0.25) is 0 Å². The fraction of sp³-hybridized carbons (Fsp3) is 0.150. The van der Waals surface area contributed by atoms with Gasteiger partial charge in [-0.05, 0) is 40.8 Å². The molecule has 30 heavy (non-hydrogen) atoms. The molecule has 0 saturated heterocycles. The molecule has 0 aliphatic heterocycles. The lowest BCUT2D eigenvalue weighted by Crippen LogP contribution is -2.23. The standard InChI is InChI=1S/C20H17N5O4S/c1-13(26)29-16-9-7-14(8-10-16)17-12-30-19(21-17)28-11-15-5-3-4-6-18(15)25-20(27)24(2)22-23-25/h3-10,12H,11H2,1-2H3. The van der Waals surface area contributed by atoms with Gasteiger partial charge in [0.1, 0.15) is 12.4 Å². The Morgan fingerprint density at radius 1 is 1.10 bits per heavy atom. The molecular formula is C20H17N5O4S. The number of hydrogen-bond acceptors (Lipinski definition) is 8. The third kappa shape index (κ3) is 4.13. The van der Waals surface area contributed by atoms with Crippen LogP contribution in [-0.4, -0.2) is 30.7 Å². The van der Waals surface area contributed by atoms with Crippen molar-refractivity contribution in [1.82, 2.24) is 24.8 Å². The van der Waals surface area contributed by atoms with Crippen LogP contribution in [0, 0.1) is 0 Å². The van der Waals surface area contributed by atoms with E-state index in [9.17, 15) is 9.59 Å². The zero-order valence-electron chi connectivity index (χ0n) is 16.2. The molecule has 0 atom stereocenters. The van der Waals surface area contributed by atoms with E-state index in [4.69, 9.17) is 9.47 Å². The van der Waals surface area contributed by atoms with Crippen molar-refractivity contribution in [1.29, 1.82) is 0 Å². The van der Waals surface area contributed by atoms with E-state index in [2.05, 4.69) is 15.4 Å². The highest BCUT2D eigenvalue weighted by molar-refractivity contribution is 7.11. The van der Waals surface area contributed by atoms with Gasteiger partial charge in [-0.1, -0.05) is 29.5 Å². The average Bonchev–Trinajstić information content (AvgIpc) is 3.34. The number of thiazole rings is 1. The van der Waals surface area contributed by atoms with Crippen molar-refractivity contribution in [3.63, 3.8) is 0 Å². The number of aryl methyl sites for hydroxylation is 1. The van der Waals surface area contributed by atoms with Gasteiger partial charge in [-0.3, -0.25) is 4.79 Å². The number of tetrazole rings is 1. The fourth-order valence-corrected chi connectivity index (χ4v) is 3.44. The minimum atomic E-state index is -0.365. The first-order valence-corrected chi connectivity index (χ1v) is 9.83. The van der Waals surface area contributed by atoms with Crippen LogP contribution in [-0.2, 0) is 18.4 Å². The Morgan fingerprint density at radius 2 is 1.87 bits per heavy atom. The smallest absolute Gasteiger partial charge is 0.368 e. The van der Waals surface area contributed by atoms with E-state index in [1.807, 2.05) is 35.7 Å². The quantitative estimate of drug-likeness (QED) is 0.347. The van der Waals surface area contributed by atoms with Gasteiger partial charge < -0.3 is 9.47 Å². The van der Waals surface area contributed by atoms with Crippen molar-refractivity contribution >= 4 is 17.3 Å². The van der Waals surface area contributed by atoms with Crippen LogP contribution in [0.25, 0.3) is 16.9 Å². The van der Waals surface area contributed by atoms with E-state index in [0.717, 1.165) is 21.5 Å². The first-order valence-electron chi connectivity index (χ1n) is 8.96. The SMILES string of the molecule is CC(=O)Oc1ccc(-c2csc(OCc3ccccc3-n3nnn(C)c3=O)n2)cc1. The third-order valence-corrected chi connectivity index (χ3v) is 4.94. The molecule has 0 fully saturated rings. The predicted molar refractivity (Wildman–Crippen MR) is 110 cm³/mol. The number of aromatic nitrogens is 5. The molecule has 9 nitrogen and oxygen atoms in total. The molecule has 0 saturated carbocycles. The summed E-state index contributed by atoms with van der Waals surface area (Å²) in [6.07, 6.45) is 0. The minimum absolute atomic E-state index is 0.220. The topological polar surface area (TPSA) is 101 Å². The highest BCUT2D eigenvalue weighted by Crippen LogP contribution is 2.28. The van der Waals surface area contributed by atoms with E-state index in [1.165, 1.54) is 22.9 Å². The fourth-order valence-electron chi connectivity index (χ4n) is 2.76. The molecular weight excluding hydrogens is 406 g/mol. The maximum absolute atomic E-state index is 12.2. The molecule has 0 aliphatic rings. The molecule has 4 aromatic rings. The third-order valence-electron chi connectivity index (χ3n) is 4.19. The first-order chi connectivity index (χ1) is 14.5. The molecule has 0 spiro atoms. The molecule has 152 valence electrons. The van der Waals surface area contributed by atoms with Gasteiger partial charge in [-0.15, -0.1) is 0 Å². The summed E-state index contributed by atoms with van der Waals surface area (Å²) in [4.78, 5) is 27.7. The molecule has 2 aromatic heterocycles. The molecule has 2 aromatic carbocycles. The molecule has 0 bridgehead atoms. The van der Waals surface area contributed by atoms with Crippen LogP contribution in [0.4, 0.5) is 0 Å². The van der Waals surface area contributed by atoms with E-state index in [1.54, 1.807) is 25.2 Å². The Morgan fingerprint density at radius 3 is 2.57 bits per heavy atom. The van der Waals surface area contributed by atoms with Gasteiger partial charge in [0.25, 0.3) is 5.19 Å². The number of rotatable bonds is 6. The molecule has 0 radical (unpaired) electrons. The number of ether oxygens (including phenoxy) is 2. The van der Waals surface area contributed by atoms with Crippen molar-refractivity contribution in [2.75, 3.05) is 0 Å². The number of para-hydroxylation sites is 1. The van der Waals surface area contributed by atoms with Gasteiger partial charge in [0, 0.05) is 30.5 Å². The first kappa shape index (κ1) is 19.5. The van der Waals surface area contributed by atoms with Crippen molar-refractivity contribution in [2.24, 2.45) is 7.05 Å². The zero-order chi connectivity index (χ0) is 21.1. The second-order valence-corrected chi connectivity index (χ2v) is 7.15. The van der Waals surface area contributed by atoms with E-state index in [-0.39, 0.29) is 18.3 Å². The molecule has 0 amide bonds. The predicted octanol–water partition coefficient (Wildman–Crippen LogP) is 2.59. The lowest BCUT2D eigenvalue weighted by atomic mass is 10.2. The Kier molecular flexibility index (Phi) is 5.40. The largest absolute Gasteiger partial charge is 0.465 e.